The topological polar surface area (TPSA) is 64.3 Å². The van der Waals surface area contributed by atoms with Crippen molar-refractivity contribution < 1.29 is 0 Å². The molecule has 4 aromatic heterocycles. The van der Waals surface area contributed by atoms with Gasteiger partial charge in [-0.1, -0.05) is 18.2 Å². The summed E-state index contributed by atoms with van der Waals surface area (Å²) in [4.78, 5) is 9.44. The summed E-state index contributed by atoms with van der Waals surface area (Å²) < 4.78 is 4.10. The molecule has 0 amide bonds. The molecule has 0 atom stereocenters. The molecule has 25 heavy (non-hydrogen) atoms. The molecular weight excluding hydrogens is 312 g/mol. The van der Waals surface area contributed by atoms with Crippen LogP contribution in [0.2, 0.25) is 0 Å². The van der Waals surface area contributed by atoms with E-state index in [4.69, 9.17) is 4.98 Å². The second kappa shape index (κ2) is 5.04. The van der Waals surface area contributed by atoms with Crippen molar-refractivity contribution in [2.24, 2.45) is 7.05 Å². The molecule has 0 saturated carbocycles. The van der Waals surface area contributed by atoms with Gasteiger partial charge in [0.2, 0.25) is 0 Å². The zero-order valence-electron chi connectivity index (χ0n) is 13.9. The molecule has 0 aliphatic carbocycles. The summed E-state index contributed by atoms with van der Waals surface area (Å²) in [6.45, 7) is 1.98. The third-order valence-corrected chi connectivity index (χ3v) is 4.46. The van der Waals surface area contributed by atoms with E-state index in [9.17, 15) is 0 Å². The van der Waals surface area contributed by atoms with E-state index >= 15 is 0 Å². The predicted octanol–water partition coefficient (Wildman–Crippen LogP) is 3.61. The first-order valence-corrected chi connectivity index (χ1v) is 8.12. The summed E-state index contributed by atoms with van der Waals surface area (Å²) in [6.07, 6.45) is 3.83. The van der Waals surface area contributed by atoms with E-state index in [1.54, 1.807) is 0 Å². The third-order valence-electron chi connectivity index (χ3n) is 4.46. The van der Waals surface area contributed by atoms with Gasteiger partial charge in [0.05, 0.1) is 5.52 Å². The Morgan fingerprint density at radius 3 is 2.72 bits per heavy atom. The van der Waals surface area contributed by atoms with Gasteiger partial charge in [0.25, 0.3) is 0 Å². The van der Waals surface area contributed by atoms with Crippen LogP contribution >= 0.6 is 0 Å². The number of nitrogens with zero attached hydrogens (tertiary/aromatic N) is 5. The normalized spacial score (nSPS) is 11.6. The average Bonchev–Trinajstić information content (AvgIpc) is 3.30. The highest BCUT2D eigenvalue weighted by Gasteiger charge is 2.17. The van der Waals surface area contributed by atoms with E-state index in [1.165, 1.54) is 5.39 Å². The molecule has 0 spiro atoms. The van der Waals surface area contributed by atoms with Gasteiger partial charge in [-0.25, -0.2) is 9.97 Å². The Morgan fingerprint density at radius 2 is 1.88 bits per heavy atom. The molecule has 5 aromatic rings. The van der Waals surface area contributed by atoms with Crippen LogP contribution in [-0.4, -0.2) is 29.3 Å². The van der Waals surface area contributed by atoms with Crippen molar-refractivity contribution in [2.75, 3.05) is 0 Å². The van der Waals surface area contributed by atoms with Crippen LogP contribution in [0.1, 0.15) is 5.69 Å². The lowest BCUT2D eigenvalue weighted by molar-refractivity contribution is 0.911. The molecule has 5 rings (SSSR count). The highest BCUT2D eigenvalue weighted by atomic mass is 15.2. The van der Waals surface area contributed by atoms with Gasteiger partial charge in [0, 0.05) is 35.9 Å². The second-order valence-corrected chi connectivity index (χ2v) is 6.20. The zero-order chi connectivity index (χ0) is 17.0. The summed E-state index contributed by atoms with van der Waals surface area (Å²) in [5.74, 6) is 1.66. The molecule has 122 valence electrons. The van der Waals surface area contributed by atoms with Crippen molar-refractivity contribution in [3.63, 3.8) is 0 Å². The first-order valence-electron chi connectivity index (χ1n) is 8.12. The molecule has 0 radical (unpaired) electrons. The second-order valence-electron chi connectivity index (χ2n) is 6.20. The lowest BCUT2D eigenvalue weighted by Crippen LogP contribution is -1.95. The molecule has 0 bridgehead atoms. The van der Waals surface area contributed by atoms with Gasteiger partial charge in [0.1, 0.15) is 11.3 Å². The van der Waals surface area contributed by atoms with Crippen LogP contribution in [0.4, 0.5) is 0 Å². The Bertz CT molecular complexity index is 1170. The number of H-pyrrole nitrogens is 1. The van der Waals surface area contributed by atoms with Crippen LogP contribution in [0.3, 0.4) is 0 Å². The number of fused-ring (bicyclic) bond motifs is 3. The summed E-state index contributed by atoms with van der Waals surface area (Å²) >= 11 is 0. The quantitative estimate of drug-likeness (QED) is 0.538. The van der Waals surface area contributed by atoms with Gasteiger partial charge >= 0.3 is 0 Å². The number of benzene rings is 1. The number of imidazole rings is 1. The van der Waals surface area contributed by atoms with Crippen molar-refractivity contribution in [1.82, 2.24) is 29.3 Å². The van der Waals surface area contributed by atoms with Gasteiger partial charge in [-0.2, -0.15) is 5.10 Å². The summed E-state index contributed by atoms with van der Waals surface area (Å²) in [6, 6.07) is 14.4. The number of pyridine rings is 1. The lowest BCUT2D eigenvalue weighted by atomic mass is 10.2. The fourth-order valence-corrected chi connectivity index (χ4v) is 3.36. The van der Waals surface area contributed by atoms with Crippen LogP contribution in [0.5, 0.6) is 0 Å². The van der Waals surface area contributed by atoms with Crippen LogP contribution in [0, 0.1) is 6.92 Å². The number of hydrogen-bond donors (Lipinski definition) is 1. The summed E-state index contributed by atoms with van der Waals surface area (Å²) in [5, 5.41) is 9.61. The maximum Gasteiger partial charge on any atom is 0.162 e. The van der Waals surface area contributed by atoms with Crippen molar-refractivity contribution in [3.05, 3.63) is 60.6 Å². The molecule has 0 aliphatic heterocycles. The Kier molecular flexibility index (Phi) is 2.82. The first kappa shape index (κ1) is 14.0. The Hall–Kier alpha value is -3.41. The van der Waals surface area contributed by atoms with Crippen molar-refractivity contribution in [2.45, 2.75) is 6.92 Å². The molecule has 0 fully saturated rings. The number of hydrogen-bond acceptors (Lipinski definition) is 3. The molecule has 0 aliphatic rings. The minimum absolute atomic E-state index is 0.821. The van der Waals surface area contributed by atoms with Gasteiger partial charge in [0.15, 0.2) is 11.6 Å². The molecule has 0 saturated heterocycles. The third kappa shape index (κ3) is 2.00. The Morgan fingerprint density at radius 1 is 1.04 bits per heavy atom. The Balaban J connectivity index is 1.81. The highest BCUT2D eigenvalue weighted by Crippen LogP contribution is 2.30. The first-order chi connectivity index (χ1) is 12.2. The van der Waals surface area contributed by atoms with E-state index in [0.29, 0.717) is 0 Å². The number of para-hydroxylation sites is 1. The van der Waals surface area contributed by atoms with Crippen LogP contribution in [0.15, 0.2) is 54.9 Å². The van der Waals surface area contributed by atoms with Crippen molar-refractivity contribution in [1.29, 1.82) is 0 Å². The summed E-state index contributed by atoms with van der Waals surface area (Å²) in [7, 11) is 1.98. The number of aryl methyl sites for hydroxylation is 2. The number of aromatic amines is 1. The SMILES string of the molecule is Cc1cc(-c2nc(-n3c4ccccc4c4cccnc43)cn2C)n[nH]1. The standard InChI is InChI=1S/C19H16N6/c1-12-10-15(23-22-12)19-21-17(11-24(19)2)25-16-8-4-3-6-13(16)14-7-5-9-20-18(14)25/h3-11H,1-2H3,(H,22,23). The highest BCUT2D eigenvalue weighted by molar-refractivity contribution is 6.07. The smallest absolute Gasteiger partial charge is 0.162 e. The fraction of sp³-hybridized carbons (Fsp3) is 0.105. The zero-order valence-corrected chi connectivity index (χ0v) is 13.9. The van der Waals surface area contributed by atoms with E-state index in [2.05, 4.69) is 44.0 Å². The van der Waals surface area contributed by atoms with Gasteiger partial charge in [-0.15, -0.1) is 0 Å². The monoisotopic (exact) mass is 328 g/mol. The van der Waals surface area contributed by atoms with Gasteiger partial charge < -0.3 is 4.57 Å². The molecule has 1 N–H and O–H groups in total. The van der Waals surface area contributed by atoms with E-state index < -0.39 is 0 Å². The number of aromatic nitrogens is 6. The van der Waals surface area contributed by atoms with Crippen LogP contribution < -0.4 is 0 Å². The number of nitrogens with one attached hydrogen (secondary N) is 1. The molecule has 6 nitrogen and oxygen atoms in total. The predicted molar refractivity (Wildman–Crippen MR) is 97.7 cm³/mol. The molecule has 0 unspecified atom stereocenters. The van der Waals surface area contributed by atoms with Crippen molar-refractivity contribution >= 4 is 21.9 Å². The molecule has 6 heteroatoms. The maximum atomic E-state index is 4.84. The van der Waals surface area contributed by atoms with E-state index in [-0.39, 0.29) is 0 Å². The molecule has 4 heterocycles. The van der Waals surface area contributed by atoms with E-state index in [0.717, 1.165) is 39.6 Å². The lowest BCUT2D eigenvalue weighted by Gasteiger charge is -2.01. The minimum Gasteiger partial charge on any atom is -0.330 e. The van der Waals surface area contributed by atoms with E-state index in [1.807, 2.05) is 49.1 Å². The molecular formula is C19H16N6. The average molecular weight is 328 g/mol. The Labute approximate surface area is 143 Å². The number of rotatable bonds is 2. The van der Waals surface area contributed by atoms with Gasteiger partial charge in [-0.05, 0) is 31.2 Å². The fourth-order valence-electron chi connectivity index (χ4n) is 3.36. The largest absolute Gasteiger partial charge is 0.330 e. The van der Waals surface area contributed by atoms with Crippen LogP contribution in [0.25, 0.3) is 39.3 Å². The van der Waals surface area contributed by atoms with Crippen LogP contribution in [-0.2, 0) is 7.05 Å². The minimum atomic E-state index is 0.821. The molecule has 1 aromatic carbocycles. The van der Waals surface area contributed by atoms with Crippen molar-refractivity contribution in [3.8, 4) is 17.3 Å². The van der Waals surface area contributed by atoms with Gasteiger partial charge in [-0.3, -0.25) is 9.67 Å². The maximum absolute atomic E-state index is 4.84. The summed E-state index contributed by atoms with van der Waals surface area (Å²) in [5.41, 5.74) is 3.85.